The van der Waals surface area contributed by atoms with E-state index < -0.39 is 28.3 Å². The van der Waals surface area contributed by atoms with Crippen molar-refractivity contribution in [2.24, 2.45) is 0 Å². The Morgan fingerprint density at radius 3 is 2.28 bits per heavy atom. The highest BCUT2D eigenvalue weighted by Gasteiger charge is 2.27. The van der Waals surface area contributed by atoms with Crippen molar-refractivity contribution >= 4 is 21.6 Å². The molecule has 0 aliphatic carbocycles. The fourth-order valence-electron chi connectivity index (χ4n) is 3.06. The first-order chi connectivity index (χ1) is 15.3. The van der Waals surface area contributed by atoms with Gasteiger partial charge in [0, 0.05) is 17.8 Å². The van der Waals surface area contributed by atoms with E-state index >= 15 is 0 Å². The summed E-state index contributed by atoms with van der Waals surface area (Å²) in [6.07, 6.45) is 0. The van der Waals surface area contributed by atoms with Crippen molar-refractivity contribution in [2.45, 2.75) is 25.3 Å². The van der Waals surface area contributed by atoms with E-state index in [1.807, 2.05) is 13.8 Å². The van der Waals surface area contributed by atoms with Crippen LogP contribution in [0, 0.1) is 12.7 Å². The minimum atomic E-state index is -4.05. The van der Waals surface area contributed by atoms with E-state index in [2.05, 4.69) is 5.32 Å². The molecule has 0 aromatic heterocycles. The summed E-state index contributed by atoms with van der Waals surface area (Å²) in [5.41, 5.74) is 1.58. The summed E-state index contributed by atoms with van der Waals surface area (Å²) in [6, 6.07) is 18.9. The molecule has 1 N–H and O–H groups in total. The van der Waals surface area contributed by atoms with Gasteiger partial charge < -0.3 is 10.1 Å². The third kappa shape index (κ3) is 5.93. The van der Waals surface area contributed by atoms with Gasteiger partial charge in [-0.3, -0.25) is 4.79 Å². The van der Waals surface area contributed by atoms with Crippen LogP contribution in [0.15, 0.2) is 77.7 Å². The molecular formula is C24H25FN2O4S. The minimum absolute atomic E-state index is 0.0355. The Morgan fingerprint density at radius 2 is 1.66 bits per heavy atom. The lowest BCUT2D eigenvalue weighted by Crippen LogP contribution is -2.37. The van der Waals surface area contributed by atoms with E-state index in [1.54, 1.807) is 42.5 Å². The van der Waals surface area contributed by atoms with Gasteiger partial charge in [-0.15, -0.1) is 0 Å². The molecule has 0 saturated heterocycles. The summed E-state index contributed by atoms with van der Waals surface area (Å²) in [7, 11) is -4.05. The van der Waals surface area contributed by atoms with Gasteiger partial charge in [-0.1, -0.05) is 35.9 Å². The van der Waals surface area contributed by atoms with Gasteiger partial charge in [0.1, 0.15) is 11.6 Å². The average Bonchev–Trinajstić information content (AvgIpc) is 2.76. The molecular weight excluding hydrogens is 431 g/mol. The number of anilines is 1. The van der Waals surface area contributed by atoms with Crippen molar-refractivity contribution in [3.63, 3.8) is 0 Å². The van der Waals surface area contributed by atoms with E-state index in [1.165, 1.54) is 30.3 Å². The van der Waals surface area contributed by atoms with Gasteiger partial charge in [0.15, 0.2) is 0 Å². The van der Waals surface area contributed by atoms with E-state index in [0.29, 0.717) is 18.0 Å². The van der Waals surface area contributed by atoms with Crippen LogP contribution in [0.2, 0.25) is 0 Å². The van der Waals surface area contributed by atoms with Crippen molar-refractivity contribution in [3.05, 3.63) is 89.7 Å². The second kappa shape index (κ2) is 10.4. The van der Waals surface area contributed by atoms with Crippen LogP contribution in [0.25, 0.3) is 0 Å². The highest BCUT2D eigenvalue weighted by Crippen LogP contribution is 2.21. The average molecular weight is 457 g/mol. The summed E-state index contributed by atoms with van der Waals surface area (Å²) in [5, 5.41) is 2.68. The highest BCUT2D eigenvalue weighted by atomic mass is 32.2. The van der Waals surface area contributed by atoms with Crippen molar-refractivity contribution in [1.82, 2.24) is 4.31 Å². The third-order valence-corrected chi connectivity index (χ3v) is 6.54. The first-order valence-corrected chi connectivity index (χ1v) is 11.6. The molecule has 0 bridgehead atoms. The molecule has 0 spiro atoms. The topological polar surface area (TPSA) is 75.7 Å². The number of sulfonamides is 1. The Kier molecular flexibility index (Phi) is 7.61. The van der Waals surface area contributed by atoms with Crippen LogP contribution < -0.4 is 10.1 Å². The molecule has 0 heterocycles. The van der Waals surface area contributed by atoms with Gasteiger partial charge in [-0.25, -0.2) is 12.8 Å². The number of halogens is 1. The molecule has 6 nitrogen and oxygen atoms in total. The smallest absolute Gasteiger partial charge is 0.243 e. The van der Waals surface area contributed by atoms with Crippen molar-refractivity contribution in [2.75, 3.05) is 18.5 Å². The number of amides is 1. The van der Waals surface area contributed by atoms with E-state index in [9.17, 15) is 17.6 Å². The first-order valence-electron chi connectivity index (χ1n) is 10.1. The van der Waals surface area contributed by atoms with Crippen molar-refractivity contribution < 1.29 is 22.3 Å². The van der Waals surface area contributed by atoms with Crippen molar-refractivity contribution in [1.29, 1.82) is 0 Å². The molecule has 0 atom stereocenters. The lowest BCUT2D eigenvalue weighted by atomic mass is 10.2. The second-order valence-electron chi connectivity index (χ2n) is 7.18. The molecule has 8 heteroatoms. The molecule has 0 radical (unpaired) electrons. The van der Waals surface area contributed by atoms with Crippen LogP contribution in [0.4, 0.5) is 10.1 Å². The van der Waals surface area contributed by atoms with Gasteiger partial charge in [0.25, 0.3) is 0 Å². The number of nitrogens with one attached hydrogen (secondary N) is 1. The Morgan fingerprint density at radius 1 is 1.00 bits per heavy atom. The van der Waals surface area contributed by atoms with Crippen LogP contribution in [-0.2, 0) is 21.4 Å². The maximum Gasteiger partial charge on any atom is 0.243 e. The molecule has 0 unspecified atom stereocenters. The molecule has 3 rings (SSSR count). The number of aryl methyl sites for hydroxylation is 1. The number of carbonyl (C=O) groups excluding carboxylic acids is 1. The SMILES string of the molecule is CCOc1ccc(NC(=O)CN(Cc2ccccc2F)S(=O)(=O)c2ccc(C)cc2)cc1. The Bertz CT molecular complexity index is 1160. The monoisotopic (exact) mass is 456 g/mol. The molecule has 0 saturated carbocycles. The van der Waals surface area contributed by atoms with Crippen LogP contribution in [0.3, 0.4) is 0 Å². The zero-order valence-corrected chi connectivity index (χ0v) is 18.7. The molecule has 0 aliphatic rings. The molecule has 168 valence electrons. The Hall–Kier alpha value is -3.23. The van der Waals surface area contributed by atoms with E-state index in [0.717, 1.165) is 9.87 Å². The molecule has 0 aliphatic heterocycles. The number of hydrogen-bond acceptors (Lipinski definition) is 4. The number of ether oxygens (including phenoxy) is 1. The van der Waals surface area contributed by atoms with Crippen LogP contribution >= 0.6 is 0 Å². The van der Waals surface area contributed by atoms with Gasteiger partial charge in [0.2, 0.25) is 15.9 Å². The molecule has 0 fully saturated rings. The van der Waals surface area contributed by atoms with Gasteiger partial charge in [0.05, 0.1) is 18.0 Å². The quantitative estimate of drug-likeness (QED) is 0.519. The van der Waals surface area contributed by atoms with Crippen LogP contribution in [0.1, 0.15) is 18.1 Å². The zero-order valence-electron chi connectivity index (χ0n) is 17.9. The van der Waals surface area contributed by atoms with E-state index in [-0.39, 0.29) is 17.0 Å². The lowest BCUT2D eigenvalue weighted by molar-refractivity contribution is -0.116. The number of carbonyl (C=O) groups is 1. The summed E-state index contributed by atoms with van der Waals surface area (Å²) >= 11 is 0. The maximum atomic E-state index is 14.2. The number of rotatable bonds is 9. The highest BCUT2D eigenvalue weighted by molar-refractivity contribution is 7.89. The van der Waals surface area contributed by atoms with Gasteiger partial charge in [-0.05, 0) is 56.3 Å². The number of hydrogen-bond donors (Lipinski definition) is 1. The normalized spacial score (nSPS) is 11.4. The fraction of sp³-hybridized carbons (Fsp3) is 0.208. The van der Waals surface area contributed by atoms with Crippen molar-refractivity contribution in [3.8, 4) is 5.75 Å². The molecule has 3 aromatic rings. The second-order valence-corrected chi connectivity index (χ2v) is 9.12. The summed E-state index contributed by atoms with van der Waals surface area (Å²) in [4.78, 5) is 12.7. The maximum absolute atomic E-state index is 14.2. The predicted octanol–water partition coefficient (Wildman–Crippen LogP) is 4.36. The molecule has 3 aromatic carbocycles. The predicted molar refractivity (Wildman–Crippen MR) is 121 cm³/mol. The summed E-state index contributed by atoms with van der Waals surface area (Å²) in [5.74, 6) is -0.418. The minimum Gasteiger partial charge on any atom is -0.494 e. The van der Waals surface area contributed by atoms with Crippen LogP contribution in [-0.4, -0.2) is 31.8 Å². The fourth-order valence-corrected chi connectivity index (χ4v) is 4.44. The van der Waals surface area contributed by atoms with Gasteiger partial charge >= 0.3 is 0 Å². The standard InChI is InChI=1S/C24H25FN2O4S/c1-3-31-21-12-10-20(11-13-21)26-24(28)17-27(16-19-6-4-5-7-23(19)25)32(29,30)22-14-8-18(2)9-15-22/h4-15H,3,16-17H2,1-2H3,(H,26,28). The number of nitrogens with zero attached hydrogens (tertiary/aromatic N) is 1. The Labute approximate surface area is 187 Å². The van der Waals surface area contributed by atoms with E-state index in [4.69, 9.17) is 4.74 Å². The zero-order chi connectivity index (χ0) is 23.1. The number of benzene rings is 3. The molecule has 1 amide bonds. The third-order valence-electron chi connectivity index (χ3n) is 4.73. The lowest BCUT2D eigenvalue weighted by Gasteiger charge is -2.22. The first kappa shape index (κ1) is 23.4. The largest absolute Gasteiger partial charge is 0.494 e. The van der Waals surface area contributed by atoms with Crippen LogP contribution in [0.5, 0.6) is 5.75 Å². The Balaban J connectivity index is 1.84. The summed E-state index contributed by atoms with van der Waals surface area (Å²) in [6.45, 7) is 3.48. The molecule has 32 heavy (non-hydrogen) atoms. The summed E-state index contributed by atoms with van der Waals surface area (Å²) < 4.78 is 47.1. The van der Waals surface area contributed by atoms with Gasteiger partial charge in [-0.2, -0.15) is 4.31 Å².